The van der Waals surface area contributed by atoms with Gasteiger partial charge in [0.1, 0.15) is 4.90 Å². The van der Waals surface area contributed by atoms with Crippen LogP contribution < -0.4 is 5.73 Å². The van der Waals surface area contributed by atoms with Crippen LogP contribution in [-0.4, -0.2) is 25.2 Å². The van der Waals surface area contributed by atoms with Gasteiger partial charge in [0.2, 0.25) is 0 Å². The molecule has 0 fully saturated rings. The van der Waals surface area contributed by atoms with Crippen molar-refractivity contribution in [1.82, 2.24) is 4.31 Å². The number of amides is 1. The molecule has 0 saturated heterocycles. The first-order valence-electron chi connectivity index (χ1n) is 6.30. The first kappa shape index (κ1) is 13.9. The minimum Gasteiger partial charge on any atom is -0.399 e. The molecular formula is C13H18N2O3S. The number of rotatable bonds is 4. The van der Waals surface area contributed by atoms with E-state index < -0.39 is 15.9 Å². The second kappa shape index (κ2) is 4.85. The van der Waals surface area contributed by atoms with E-state index in [1.165, 1.54) is 12.1 Å². The van der Waals surface area contributed by atoms with Crippen molar-refractivity contribution in [2.45, 2.75) is 31.6 Å². The van der Waals surface area contributed by atoms with Gasteiger partial charge in [0.05, 0.1) is 5.56 Å². The van der Waals surface area contributed by atoms with Crippen molar-refractivity contribution < 1.29 is 13.2 Å². The van der Waals surface area contributed by atoms with Crippen molar-refractivity contribution in [3.63, 3.8) is 0 Å². The van der Waals surface area contributed by atoms with Crippen LogP contribution in [0, 0.1) is 5.92 Å². The van der Waals surface area contributed by atoms with Gasteiger partial charge in [-0.15, -0.1) is 0 Å². The van der Waals surface area contributed by atoms with Gasteiger partial charge in [0.25, 0.3) is 15.9 Å². The van der Waals surface area contributed by atoms with Crippen molar-refractivity contribution in [1.29, 1.82) is 0 Å². The standard InChI is InChI=1S/C13H18N2O3S/c1-9(2)4-3-7-15-13(16)11-6-5-10(14)8-12(11)19(15,17)18/h5-6,8-9H,3-4,7,14H2,1-2H3. The number of benzene rings is 1. The Kier molecular flexibility index (Phi) is 3.54. The van der Waals surface area contributed by atoms with Gasteiger partial charge in [-0.05, 0) is 37.0 Å². The van der Waals surface area contributed by atoms with E-state index in [4.69, 9.17) is 5.73 Å². The summed E-state index contributed by atoms with van der Waals surface area (Å²) in [6.07, 6.45) is 1.56. The molecule has 2 rings (SSSR count). The molecule has 1 heterocycles. The van der Waals surface area contributed by atoms with Crippen LogP contribution in [0.5, 0.6) is 0 Å². The summed E-state index contributed by atoms with van der Waals surface area (Å²) < 4.78 is 25.5. The second-order valence-corrected chi connectivity index (χ2v) is 7.00. The van der Waals surface area contributed by atoms with Crippen LogP contribution in [0.25, 0.3) is 0 Å². The van der Waals surface area contributed by atoms with Crippen LogP contribution >= 0.6 is 0 Å². The highest BCUT2D eigenvalue weighted by Crippen LogP contribution is 2.31. The molecule has 5 nitrogen and oxygen atoms in total. The molecule has 0 saturated carbocycles. The van der Waals surface area contributed by atoms with Crippen LogP contribution in [0.2, 0.25) is 0 Å². The Hall–Kier alpha value is -1.56. The fraction of sp³-hybridized carbons (Fsp3) is 0.462. The number of carbonyl (C=O) groups is 1. The third-order valence-electron chi connectivity index (χ3n) is 3.17. The highest BCUT2D eigenvalue weighted by atomic mass is 32.2. The van der Waals surface area contributed by atoms with E-state index in [9.17, 15) is 13.2 Å². The lowest BCUT2D eigenvalue weighted by Gasteiger charge is -2.15. The number of carbonyl (C=O) groups excluding carboxylic acids is 1. The van der Waals surface area contributed by atoms with Crippen molar-refractivity contribution in [3.05, 3.63) is 23.8 Å². The van der Waals surface area contributed by atoms with Crippen LogP contribution in [0.3, 0.4) is 0 Å². The summed E-state index contributed by atoms with van der Waals surface area (Å²) in [5.74, 6) is 0.0391. The van der Waals surface area contributed by atoms with Crippen LogP contribution in [0.15, 0.2) is 23.1 Å². The molecule has 2 N–H and O–H groups in total. The third kappa shape index (κ3) is 2.45. The van der Waals surface area contributed by atoms with E-state index in [1.807, 2.05) is 0 Å². The van der Waals surface area contributed by atoms with E-state index in [0.717, 1.165) is 10.7 Å². The number of anilines is 1. The minimum absolute atomic E-state index is 0.0297. The van der Waals surface area contributed by atoms with E-state index in [2.05, 4.69) is 13.8 Å². The smallest absolute Gasteiger partial charge is 0.269 e. The quantitative estimate of drug-likeness (QED) is 0.855. The Bertz CT molecular complexity index is 608. The van der Waals surface area contributed by atoms with E-state index in [-0.39, 0.29) is 17.0 Å². The molecule has 0 aromatic heterocycles. The lowest BCUT2D eigenvalue weighted by Crippen LogP contribution is -2.31. The molecule has 1 aromatic carbocycles. The maximum absolute atomic E-state index is 12.3. The van der Waals surface area contributed by atoms with Crippen LogP contribution in [0.1, 0.15) is 37.0 Å². The number of nitrogen functional groups attached to an aromatic ring is 1. The molecule has 0 bridgehead atoms. The monoisotopic (exact) mass is 282 g/mol. The third-order valence-corrected chi connectivity index (χ3v) is 5.00. The maximum atomic E-state index is 12.3. The zero-order valence-corrected chi connectivity index (χ0v) is 11.9. The molecule has 104 valence electrons. The number of fused-ring (bicyclic) bond motifs is 1. The summed E-state index contributed by atoms with van der Waals surface area (Å²) in [4.78, 5) is 12.1. The summed E-state index contributed by atoms with van der Waals surface area (Å²) in [6, 6.07) is 4.38. The zero-order valence-electron chi connectivity index (χ0n) is 11.1. The van der Waals surface area contributed by atoms with Gasteiger partial charge in [0, 0.05) is 12.2 Å². The molecule has 0 aliphatic carbocycles. The molecule has 0 radical (unpaired) electrons. The summed E-state index contributed by atoms with van der Waals surface area (Å²) in [5, 5.41) is 0. The molecule has 0 unspecified atom stereocenters. The summed E-state index contributed by atoms with van der Waals surface area (Å²) in [5.41, 5.74) is 6.16. The van der Waals surface area contributed by atoms with Gasteiger partial charge in [0.15, 0.2) is 0 Å². The van der Waals surface area contributed by atoms with E-state index in [0.29, 0.717) is 18.0 Å². The summed E-state index contributed by atoms with van der Waals surface area (Å²) in [6.45, 7) is 4.36. The predicted molar refractivity (Wildman–Crippen MR) is 73.1 cm³/mol. The lowest BCUT2D eigenvalue weighted by atomic mass is 10.1. The van der Waals surface area contributed by atoms with E-state index >= 15 is 0 Å². The molecule has 0 atom stereocenters. The Balaban J connectivity index is 2.28. The Morgan fingerprint density at radius 3 is 2.63 bits per heavy atom. The maximum Gasteiger partial charge on any atom is 0.269 e. The minimum atomic E-state index is -3.71. The largest absolute Gasteiger partial charge is 0.399 e. The normalized spacial score (nSPS) is 17.0. The van der Waals surface area contributed by atoms with E-state index in [1.54, 1.807) is 6.07 Å². The lowest BCUT2D eigenvalue weighted by molar-refractivity contribution is 0.0868. The Morgan fingerprint density at radius 2 is 2.00 bits per heavy atom. The molecule has 1 aliphatic heterocycles. The average molecular weight is 282 g/mol. The zero-order chi connectivity index (χ0) is 14.2. The van der Waals surface area contributed by atoms with Gasteiger partial charge in [-0.25, -0.2) is 12.7 Å². The first-order valence-corrected chi connectivity index (χ1v) is 7.74. The second-order valence-electron chi connectivity index (χ2n) is 5.17. The van der Waals surface area contributed by atoms with Crippen molar-refractivity contribution >= 4 is 21.6 Å². The van der Waals surface area contributed by atoms with Crippen molar-refractivity contribution in [2.24, 2.45) is 5.92 Å². The van der Waals surface area contributed by atoms with Gasteiger partial charge in [-0.3, -0.25) is 4.79 Å². The SMILES string of the molecule is CC(C)CCCN1C(=O)c2ccc(N)cc2S1(=O)=O. The summed E-state index contributed by atoms with van der Waals surface area (Å²) >= 11 is 0. The topological polar surface area (TPSA) is 80.5 Å². The van der Waals surface area contributed by atoms with Crippen molar-refractivity contribution in [2.75, 3.05) is 12.3 Å². The average Bonchev–Trinajstić information content (AvgIpc) is 2.49. The Morgan fingerprint density at radius 1 is 1.32 bits per heavy atom. The molecule has 1 aliphatic rings. The van der Waals surface area contributed by atoms with Crippen LogP contribution in [-0.2, 0) is 10.0 Å². The van der Waals surface area contributed by atoms with Gasteiger partial charge < -0.3 is 5.73 Å². The number of nitrogens with zero attached hydrogens (tertiary/aromatic N) is 1. The number of hydrogen-bond acceptors (Lipinski definition) is 4. The molecular weight excluding hydrogens is 264 g/mol. The highest BCUT2D eigenvalue weighted by Gasteiger charge is 2.40. The molecule has 1 aromatic rings. The number of nitrogens with two attached hydrogens (primary N) is 1. The van der Waals surface area contributed by atoms with Gasteiger partial charge in [-0.1, -0.05) is 13.8 Å². The first-order chi connectivity index (χ1) is 8.84. The van der Waals surface area contributed by atoms with Crippen molar-refractivity contribution in [3.8, 4) is 0 Å². The summed E-state index contributed by atoms with van der Waals surface area (Å²) in [7, 11) is -3.71. The predicted octanol–water partition coefficient (Wildman–Crippen LogP) is 1.85. The fourth-order valence-electron chi connectivity index (χ4n) is 2.16. The van der Waals surface area contributed by atoms with Crippen LogP contribution in [0.4, 0.5) is 5.69 Å². The van der Waals surface area contributed by atoms with Gasteiger partial charge in [-0.2, -0.15) is 0 Å². The molecule has 19 heavy (non-hydrogen) atoms. The molecule has 6 heteroatoms. The number of sulfonamides is 1. The molecule has 0 spiro atoms. The Labute approximate surface area is 113 Å². The van der Waals surface area contributed by atoms with Gasteiger partial charge >= 0.3 is 0 Å². The fourth-order valence-corrected chi connectivity index (χ4v) is 3.80. The number of hydrogen-bond donors (Lipinski definition) is 1. The highest BCUT2D eigenvalue weighted by molar-refractivity contribution is 7.90. The molecule has 1 amide bonds.